The highest BCUT2D eigenvalue weighted by atomic mass is 28.4. The zero-order valence-electron chi connectivity index (χ0n) is 14.1. The van der Waals surface area contributed by atoms with Gasteiger partial charge in [-0.15, -0.1) is 0 Å². The lowest BCUT2D eigenvalue weighted by atomic mass is 10.3. The zero-order valence-corrected chi connectivity index (χ0v) is 15.1. The second-order valence-electron chi connectivity index (χ2n) is 5.47. The first-order valence-corrected chi connectivity index (χ1v) is 10.3. The molecular formula is C15H32O5Si. The minimum atomic E-state index is -2.24. The Bertz CT molecular complexity index is 256. The number of epoxide rings is 1. The molecule has 3 atom stereocenters. The molecule has 0 saturated carbocycles. The predicted octanol–water partition coefficient (Wildman–Crippen LogP) is 2.66. The molecule has 0 aromatic carbocycles. The summed E-state index contributed by atoms with van der Waals surface area (Å²) in [5.74, 6) is 0. The molecule has 0 aromatic heterocycles. The van der Waals surface area contributed by atoms with Crippen molar-refractivity contribution in [2.75, 3.05) is 40.1 Å². The van der Waals surface area contributed by atoms with Crippen molar-refractivity contribution < 1.29 is 23.1 Å². The number of hydrogen-bond acceptors (Lipinski definition) is 5. The van der Waals surface area contributed by atoms with Crippen molar-refractivity contribution >= 4 is 8.56 Å². The number of rotatable bonds is 14. The van der Waals surface area contributed by atoms with Crippen LogP contribution in [-0.2, 0) is 23.1 Å². The molecule has 0 amide bonds. The van der Waals surface area contributed by atoms with Crippen molar-refractivity contribution in [3.8, 4) is 0 Å². The molecule has 0 bridgehead atoms. The maximum atomic E-state index is 6.14. The lowest BCUT2D eigenvalue weighted by molar-refractivity contribution is 0.0581. The van der Waals surface area contributed by atoms with Crippen molar-refractivity contribution in [1.82, 2.24) is 0 Å². The van der Waals surface area contributed by atoms with Crippen LogP contribution in [0, 0.1) is 0 Å². The van der Waals surface area contributed by atoms with Crippen LogP contribution in [0.5, 0.6) is 0 Å². The van der Waals surface area contributed by atoms with Crippen molar-refractivity contribution in [3.63, 3.8) is 0 Å². The molecule has 0 N–H and O–H groups in total. The van der Waals surface area contributed by atoms with Crippen LogP contribution in [0.1, 0.15) is 40.0 Å². The predicted molar refractivity (Wildman–Crippen MR) is 84.7 cm³/mol. The molecule has 5 nitrogen and oxygen atoms in total. The Morgan fingerprint density at radius 2 is 1.90 bits per heavy atom. The number of hydrogen-bond donors (Lipinski definition) is 0. The second kappa shape index (κ2) is 10.7. The second-order valence-corrected chi connectivity index (χ2v) is 9.31. The molecule has 0 spiro atoms. The van der Waals surface area contributed by atoms with Crippen molar-refractivity contribution in [3.05, 3.63) is 0 Å². The molecule has 0 aromatic rings. The molecule has 21 heavy (non-hydrogen) atoms. The van der Waals surface area contributed by atoms with Gasteiger partial charge >= 0.3 is 8.56 Å². The third-order valence-electron chi connectivity index (χ3n) is 3.77. The summed E-state index contributed by atoms with van der Waals surface area (Å²) in [6.07, 6.45) is 3.37. The molecule has 0 radical (unpaired) electrons. The molecule has 1 aliphatic rings. The van der Waals surface area contributed by atoms with Crippen LogP contribution < -0.4 is 0 Å². The zero-order chi connectivity index (χ0) is 15.6. The summed E-state index contributed by atoms with van der Waals surface area (Å²) in [6, 6.07) is 0.907. The summed E-state index contributed by atoms with van der Waals surface area (Å²) in [6.45, 7) is 10.2. The van der Waals surface area contributed by atoms with E-state index in [9.17, 15) is 0 Å². The highest BCUT2D eigenvalue weighted by molar-refractivity contribution is 6.68. The van der Waals surface area contributed by atoms with Gasteiger partial charge in [0.2, 0.25) is 0 Å². The summed E-state index contributed by atoms with van der Waals surface area (Å²) in [5.41, 5.74) is 0.0655. The number of unbranched alkanes of at least 4 members (excludes halogenated alkanes) is 1. The maximum absolute atomic E-state index is 6.14. The van der Waals surface area contributed by atoms with E-state index in [1.54, 1.807) is 7.11 Å². The molecule has 1 rings (SSSR count). The Morgan fingerprint density at radius 1 is 1.19 bits per heavy atom. The smallest absolute Gasteiger partial charge is 0.367 e. The van der Waals surface area contributed by atoms with E-state index in [1.807, 2.05) is 0 Å². The molecule has 126 valence electrons. The van der Waals surface area contributed by atoms with Crippen molar-refractivity contribution in [1.29, 1.82) is 0 Å². The summed E-state index contributed by atoms with van der Waals surface area (Å²) >= 11 is 0. The van der Waals surface area contributed by atoms with Gasteiger partial charge in [0, 0.05) is 26.9 Å². The SMILES string of the molecule is CCCOC(C)[Si](CC)(OC)OCCCCOCC1CO1. The lowest BCUT2D eigenvalue weighted by Gasteiger charge is -2.33. The summed E-state index contributed by atoms with van der Waals surface area (Å²) in [7, 11) is -0.493. The van der Waals surface area contributed by atoms with Crippen LogP contribution in [0.15, 0.2) is 0 Å². The van der Waals surface area contributed by atoms with E-state index in [0.29, 0.717) is 6.10 Å². The van der Waals surface area contributed by atoms with E-state index in [1.165, 1.54) is 0 Å². The third kappa shape index (κ3) is 7.21. The first-order chi connectivity index (χ1) is 10.2. The standard InChI is InChI=1S/C15H32O5Si/c1-5-9-18-14(3)21(6-2,16-4)20-11-8-7-10-17-12-15-13-19-15/h14-15H,5-13H2,1-4H3. The van der Waals surface area contributed by atoms with Gasteiger partial charge in [0.15, 0.2) is 0 Å². The highest BCUT2D eigenvalue weighted by Crippen LogP contribution is 2.20. The average Bonchev–Trinajstić information content (AvgIpc) is 3.32. The molecule has 1 aliphatic heterocycles. The van der Waals surface area contributed by atoms with Crippen LogP contribution in [0.4, 0.5) is 0 Å². The van der Waals surface area contributed by atoms with Gasteiger partial charge in [0.05, 0.1) is 18.9 Å². The summed E-state index contributed by atoms with van der Waals surface area (Å²) in [5, 5.41) is 0. The van der Waals surface area contributed by atoms with E-state index in [2.05, 4.69) is 20.8 Å². The Labute approximate surface area is 130 Å². The van der Waals surface area contributed by atoms with Gasteiger partial charge in [-0.05, 0) is 32.2 Å². The molecular weight excluding hydrogens is 288 g/mol. The van der Waals surface area contributed by atoms with Crippen LogP contribution in [0.2, 0.25) is 6.04 Å². The minimum absolute atomic E-state index is 0.0655. The lowest BCUT2D eigenvalue weighted by Crippen LogP contribution is -2.52. The minimum Gasteiger partial charge on any atom is -0.396 e. The van der Waals surface area contributed by atoms with Crippen LogP contribution in [-0.4, -0.2) is 60.5 Å². The first kappa shape index (κ1) is 19.1. The Balaban J connectivity index is 2.15. The van der Waals surface area contributed by atoms with Gasteiger partial charge in [-0.3, -0.25) is 0 Å². The van der Waals surface area contributed by atoms with Crippen LogP contribution in [0.25, 0.3) is 0 Å². The molecule has 1 fully saturated rings. The quantitative estimate of drug-likeness (QED) is 0.280. The topological polar surface area (TPSA) is 49.5 Å². The fourth-order valence-corrected chi connectivity index (χ4v) is 4.84. The van der Waals surface area contributed by atoms with Gasteiger partial charge in [0.25, 0.3) is 0 Å². The fraction of sp³-hybridized carbons (Fsp3) is 1.00. The maximum Gasteiger partial charge on any atom is 0.367 e. The van der Waals surface area contributed by atoms with E-state index in [0.717, 1.165) is 58.3 Å². The Kier molecular flexibility index (Phi) is 9.71. The molecule has 3 unspecified atom stereocenters. The van der Waals surface area contributed by atoms with Gasteiger partial charge in [0.1, 0.15) is 6.10 Å². The van der Waals surface area contributed by atoms with Crippen molar-refractivity contribution in [2.45, 2.75) is 57.9 Å². The normalized spacial score (nSPS) is 22.0. The van der Waals surface area contributed by atoms with Crippen LogP contribution >= 0.6 is 0 Å². The van der Waals surface area contributed by atoms with E-state index in [-0.39, 0.29) is 5.73 Å². The largest absolute Gasteiger partial charge is 0.396 e. The van der Waals surface area contributed by atoms with Crippen molar-refractivity contribution in [2.24, 2.45) is 0 Å². The van der Waals surface area contributed by atoms with Crippen LogP contribution in [0.3, 0.4) is 0 Å². The monoisotopic (exact) mass is 320 g/mol. The van der Waals surface area contributed by atoms with E-state index in [4.69, 9.17) is 23.1 Å². The summed E-state index contributed by atoms with van der Waals surface area (Å²) < 4.78 is 28.3. The Hall–Kier alpha value is 0.0169. The van der Waals surface area contributed by atoms with E-state index >= 15 is 0 Å². The van der Waals surface area contributed by atoms with Gasteiger partial charge < -0.3 is 23.1 Å². The number of ether oxygens (including phenoxy) is 3. The molecule has 1 saturated heterocycles. The Morgan fingerprint density at radius 3 is 2.48 bits per heavy atom. The highest BCUT2D eigenvalue weighted by Gasteiger charge is 2.42. The van der Waals surface area contributed by atoms with Gasteiger partial charge in [-0.25, -0.2) is 0 Å². The molecule has 1 heterocycles. The molecule has 6 heteroatoms. The molecule has 0 aliphatic carbocycles. The fourth-order valence-electron chi connectivity index (χ4n) is 2.23. The average molecular weight is 321 g/mol. The first-order valence-electron chi connectivity index (χ1n) is 8.18. The van der Waals surface area contributed by atoms with Gasteiger partial charge in [-0.1, -0.05) is 13.8 Å². The van der Waals surface area contributed by atoms with Gasteiger partial charge in [-0.2, -0.15) is 0 Å². The summed E-state index contributed by atoms with van der Waals surface area (Å²) in [4.78, 5) is 0. The third-order valence-corrected chi connectivity index (χ3v) is 7.54. The van der Waals surface area contributed by atoms with E-state index < -0.39 is 8.56 Å².